The van der Waals surface area contributed by atoms with Crippen LogP contribution in [0.2, 0.25) is 10.0 Å². The minimum atomic E-state index is -4.70. The SMILES string of the molecule is [2H]C([2H])([2H])OC(c1ccc(Cl)c(NC(=O)[C@H](c2ccc(Cl)cc2)[C@@H](C)C(F)(F)F)c1)C1(C(=O)O)CC1. The molecule has 0 spiro atoms. The Kier molecular flexibility index (Phi) is 6.13. The van der Waals surface area contributed by atoms with E-state index in [-0.39, 0.29) is 39.7 Å². The van der Waals surface area contributed by atoms with Gasteiger partial charge in [0.1, 0.15) is 0 Å². The minimum Gasteiger partial charge on any atom is -0.481 e. The molecule has 0 radical (unpaired) electrons. The number of carboxylic acid groups (broad SMARTS) is 1. The zero-order chi connectivity index (χ0) is 27.1. The molecule has 1 saturated carbocycles. The Morgan fingerprint density at radius 2 is 1.76 bits per heavy atom. The van der Waals surface area contributed by atoms with E-state index in [0.717, 1.165) is 6.92 Å². The molecule has 0 bridgehead atoms. The number of anilines is 1. The molecule has 0 saturated heterocycles. The lowest BCUT2D eigenvalue weighted by Gasteiger charge is -2.27. The fourth-order valence-corrected chi connectivity index (χ4v) is 4.05. The maximum absolute atomic E-state index is 13.6. The average molecular weight is 507 g/mol. The lowest BCUT2D eigenvalue weighted by atomic mass is 9.85. The first kappa shape index (κ1) is 21.3. The molecule has 10 heteroatoms. The molecule has 0 heterocycles. The van der Waals surface area contributed by atoms with Crippen LogP contribution in [0.1, 0.15) is 47.0 Å². The summed E-state index contributed by atoms with van der Waals surface area (Å²) in [6.45, 7) is 0.876. The maximum Gasteiger partial charge on any atom is 0.392 e. The van der Waals surface area contributed by atoms with Gasteiger partial charge >= 0.3 is 12.1 Å². The van der Waals surface area contributed by atoms with E-state index >= 15 is 0 Å². The van der Waals surface area contributed by atoms with Gasteiger partial charge in [-0.1, -0.05) is 48.3 Å². The largest absolute Gasteiger partial charge is 0.481 e. The van der Waals surface area contributed by atoms with Gasteiger partial charge in [0.15, 0.2) is 0 Å². The third-order valence-corrected chi connectivity index (χ3v) is 6.49. The Labute approximate surface area is 203 Å². The van der Waals surface area contributed by atoms with Gasteiger partial charge in [0, 0.05) is 12.1 Å². The van der Waals surface area contributed by atoms with Crippen molar-refractivity contribution in [3.05, 3.63) is 63.6 Å². The summed E-state index contributed by atoms with van der Waals surface area (Å²) >= 11 is 12.0. The van der Waals surface area contributed by atoms with E-state index in [1.54, 1.807) is 0 Å². The van der Waals surface area contributed by atoms with E-state index in [9.17, 15) is 27.9 Å². The smallest absolute Gasteiger partial charge is 0.392 e. The van der Waals surface area contributed by atoms with Gasteiger partial charge in [-0.25, -0.2) is 0 Å². The van der Waals surface area contributed by atoms with E-state index < -0.39 is 48.4 Å². The number of carbonyl (C=O) groups is 2. The van der Waals surface area contributed by atoms with Crippen molar-refractivity contribution in [1.29, 1.82) is 0 Å². The summed E-state index contributed by atoms with van der Waals surface area (Å²) in [6, 6.07) is 9.22. The summed E-state index contributed by atoms with van der Waals surface area (Å²) in [5, 5.41) is 12.3. The Hall–Kier alpha value is -2.29. The van der Waals surface area contributed by atoms with Crippen LogP contribution in [0, 0.1) is 11.3 Å². The molecule has 3 atom stereocenters. The number of benzene rings is 2. The van der Waals surface area contributed by atoms with Crippen LogP contribution in [0.5, 0.6) is 0 Å². The number of rotatable bonds is 8. The molecule has 1 aliphatic rings. The molecule has 1 fully saturated rings. The first-order valence-corrected chi connectivity index (χ1v) is 10.6. The highest BCUT2D eigenvalue weighted by Crippen LogP contribution is 2.57. The standard InChI is InChI=1S/C23H22Cl2F3NO4/c1-12(23(26,27)28)18(13-3-6-15(24)7-4-13)20(30)29-17-11-14(5-8-16(17)25)19(33-2)22(9-10-22)21(31)32/h3-8,11-12,18-19H,9-10H2,1-2H3,(H,29,30)(H,31,32)/t12-,18+,19?/m1/s1/i2D3. The number of hydrogen-bond acceptors (Lipinski definition) is 3. The molecule has 0 aliphatic heterocycles. The third kappa shape index (κ3) is 5.28. The fraction of sp³-hybridized carbons (Fsp3) is 0.391. The quantitative estimate of drug-likeness (QED) is 0.430. The van der Waals surface area contributed by atoms with Gasteiger partial charge in [0.05, 0.1) is 38.2 Å². The summed E-state index contributed by atoms with van der Waals surface area (Å²) in [7, 11) is -2.93. The number of alkyl halides is 3. The van der Waals surface area contributed by atoms with E-state index in [2.05, 4.69) is 5.32 Å². The molecule has 2 aromatic carbocycles. The first-order valence-electron chi connectivity index (χ1n) is 11.4. The Bertz CT molecular complexity index is 1140. The zero-order valence-electron chi connectivity index (χ0n) is 20.2. The molecule has 0 aromatic heterocycles. The fourth-order valence-electron chi connectivity index (χ4n) is 3.76. The Morgan fingerprint density at radius 3 is 2.27 bits per heavy atom. The van der Waals surface area contributed by atoms with Crippen molar-refractivity contribution >= 4 is 40.8 Å². The number of halogens is 5. The number of aliphatic carboxylic acids is 1. The molecular formula is C23H22Cl2F3NO4. The number of carboxylic acids is 1. The molecule has 1 amide bonds. The second-order valence-corrected chi connectivity index (χ2v) is 8.89. The van der Waals surface area contributed by atoms with Gasteiger partial charge in [-0.05, 0) is 48.2 Å². The van der Waals surface area contributed by atoms with Crippen molar-refractivity contribution in [2.75, 3.05) is 12.4 Å². The highest BCUT2D eigenvalue weighted by atomic mass is 35.5. The Balaban J connectivity index is 1.99. The minimum absolute atomic E-state index is 0.0468. The molecule has 1 aliphatic carbocycles. The van der Waals surface area contributed by atoms with Crippen molar-refractivity contribution in [3.63, 3.8) is 0 Å². The van der Waals surface area contributed by atoms with Crippen LogP contribution >= 0.6 is 23.2 Å². The van der Waals surface area contributed by atoms with Crippen LogP contribution in [-0.2, 0) is 14.3 Å². The number of methoxy groups -OCH3 is 1. The predicted molar refractivity (Wildman–Crippen MR) is 119 cm³/mol. The number of nitrogens with one attached hydrogen (secondary N) is 1. The molecule has 2 N–H and O–H groups in total. The summed E-state index contributed by atoms with van der Waals surface area (Å²) < 4.78 is 68.3. The summed E-state index contributed by atoms with van der Waals surface area (Å²) in [5.74, 6) is -6.01. The Morgan fingerprint density at radius 1 is 1.15 bits per heavy atom. The molecular weight excluding hydrogens is 482 g/mol. The van der Waals surface area contributed by atoms with Crippen LogP contribution in [-0.4, -0.2) is 30.2 Å². The highest BCUT2D eigenvalue weighted by molar-refractivity contribution is 6.33. The summed E-state index contributed by atoms with van der Waals surface area (Å²) in [4.78, 5) is 25.0. The van der Waals surface area contributed by atoms with Crippen molar-refractivity contribution in [2.45, 2.75) is 38.0 Å². The van der Waals surface area contributed by atoms with Gasteiger partial charge in [-0.15, -0.1) is 0 Å². The molecule has 5 nitrogen and oxygen atoms in total. The number of ether oxygens (including phenoxy) is 1. The molecule has 178 valence electrons. The average Bonchev–Trinajstić information content (AvgIpc) is 3.56. The summed E-state index contributed by atoms with van der Waals surface area (Å²) in [6.07, 6.45) is -5.78. The lowest BCUT2D eigenvalue weighted by Crippen LogP contribution is -2.34. The number of hydrogen-bond donors (Lipinski definition) is 2. The van der Waals surface area contributed by atoms with E-state index in [0.29, 0.717) is 0 Å². The summed E-state index contributed by atoms with van der Waals surface area (Å²) in [5.41, 5.74) is -1.44. The normalized spacial score (nSPS) is 19.4. The number of carbonyl (C=O) groups excluding carboxylic acids is 1. The van der Waals surface area contributed by atoms with Crippen LogP contribution in [0.4, 0.5) is 18.9 Å². The van der Waals surface area contributed by atoms with Crippen LogP contribution in [0.3, 0.4) is 0 Å². The van der Waals surface area contributed by atoms with Gasteiger partial charge < -0.3 is 15.2 Å². The third-order valence-electron chi connectivity index (χ3n) is 5.91. The predicted octanol–water partition coefficient (Wildman–Crippen LogP) is 6.47. The van der Waals surface area contributed by atoms with E-state index in [1.165, 1.54) is 42.5 Å². The highest BCUT2D eigenvalue weighted by Gasteiger charge is 2.57. The maximum atomic E-state index is 13.6. The van der Waals surface area contributed by atoms with Crippen LogP contribution in [0.15, 0.2) is 42.5 Å². The van der Waals surface area contributed by atoms with Crippen molar-refractivity contribution in [2.24, 2.45) is 11.3 Å². The molecule has 2 aromatic rings. The zero-order valence-corrected chi connectivity index (χ0v) is 18.8. The van der Waals surface area contributed by atoms with Gasteiger partial charge in [0.2, 0.25) is 5.91 Å². The van der Waals surface area contributed by atoms with Crippen molar-refractivity contribution in [1.82, 2.24) is 0 Å². The van der Waals surface area contributed by atoms with Gasteiger partial charge in [-0.2, -0.15) is 13.2 Å². The first-order chi connectivity index (χ1) is 16.5. The van der Waals surface area contributed by atoms with Crippen molar-refractivity contribution in [3.8, 4) is 0 Å². The second kappa shape index (κ2) is 9.52. The molecule has 1 unspecified atom stereocenters. The van der Waals surface area contributed by atoms with E-state index in [1.807, 2.05) is 0 Å². The lowest BCUT2D eigenvalue weighted by molar-refractivity contribution is -0.178. The van der Waals surface area contributed by atoms with Crippen LogP contribution in [0.25, 0.3) is 0 Å². The van der Waals surface area contributed by atoms with Gasteiger partial charge in [-0.3, -0.25) is 9.59 Å². The monoisotopic (exact) mass is 506 g/mol. The van der Waals surface area contributed by atoms with Gasteiger partial charge in [0.25, 0.3) is 0 Å². The number of amides is 1. The molecule has 33 heavy (non-hydrogen) atoms. The van der Waals surface area contributed by atoms with E-state index in [4.69, 9.17) is 32.1 Å². The topological polar surface area (TPSA) is 75.6 Å². The molecule has 3 rings (SSSR count). The van der Waals surface area contributed by atoms with Crippen LogP contribution < -0.4 is 5.32 Å². The van der Waals surface area contributed by atoms with Crippen molar-refractivity contribution < 1.29 is 36.7 Å². The second-order valence-electron chi connectivity index (χ2n) is 8.05.